The van der Waals surface area contributed by atoms with E-state index in [1.54, 1.807) is 0 Å². The molecule has 3 heterocycles. The minimum Gasteiger partial charge on any atom is -0.315 e. The molecule has 3 aromatic heterocycles. The van der Waals surface area contributed by atoms with E-state index in [4.69, 9.17) is 28.2 Å². The van der Waals surface area contributed by atoms with Gasteiger partial charge >= 0.3 is 0 Å². The highest BCUT2D eigenvalue weighted by Gasteiger charge is 2.20. The lowest BCUT2D eigenvalue weighted by molar-refractivity contribution is 0.981. The highest BCUT2D eigenvalue weighted by Crippen LogP contribution is 2.34. The molecule has 33 heavy (non-hydrogen) atoms. The van der Waals surface area contributed by atoms with Gasteiger partial charge < -0.3 is 4.40 Å². The largest absolute Gasteiger partial charge is 0.315 e. The first kappa shape index (κ1) is 20.3. The molecular weight excluding hydrogens is 449 g/mol. The van der Waals surface area contributed by atoms with Crippen LogP contribution in [0.5, 0.6) is 0 Å². The predicted octanol–water partition coefficient (Wildman–Crippen LogP) is 7.92. The van der Waals surface area contributed by atoms with Crippen LogP contribution in [0.4, 0.5) is 0 Å². The molecule has 6 rings (SSSR count). The summed E-state index contributed by atoms with van der Waals surface area (Å²) in [6.45, 7) is 4.29. The highest BCUT2D eigenvalue weighted by atomic mass is 35.5. The summed E-state index contributed by atoms with van der Waals surface area (Å²) in [4.78, 5) is 5.08. The summed E-state index contributed by atoms with van der Waals surface area (Å²) in [6.07, 6.45) is 2.87. The second kappa shape index (κ2) is 7.65. The van der Waals surface area contributed by atoms with Crippen LogP contribution in [0.1, 0.15) is 22.4 Å². The number of halogens is 2. The predicted molar refractivity (Wildman–Crippen MR) is 138 cm³/mol. The van der Waals surface area contributed by atoms with Crippen LogP contribution in [0.25, 0.3) is 33.5 Å². The second-order valence-corrected chi connectivity index (χ2v) is 9.44. The smallest absolute Gasteiger partial charge is 0.162 e. The zero-order valence-electron chi connectivity index (χ0n) is 18.3. The molecule has 3 aromatic carbocycles. The number of imidazole rings is 1. The van der Waals surface area contributed by atoms with E-state index in [1.165, 1.54) is 22.4 Å². The Kier molecular flexibility index (Phi) is 4.72. The van der Waals surface area contributed by atoms with E-state index in [1.807, 2.05) is 24.3 Å². The number of nitrogens with zero attached hydrogens (tertiary/aromatic N) is 3. The van der Waals surface area contributed by atoms with Gasteiger partial charge in [-0.25, -0.2) is 4.98 Å². The molecule has 0 bridgehead atoms. The summed E-state index contributed by atoms with van der Waals surface area (Å²) in [7, 11) is 0. The summed E-state index contributed by atoms with van der Waals surface area (Å²) >= 11 is 12.4. The number of fused-ring (bicyclic) bond motifs is 5. The maximum atomic E-state index is 6.25. The van der Waals surface area contributed by atoms with Gasteiger partial charge in [0.2, 0.25) is 0 Å². The fraction of sp³-hybridized carbons (Fsp3) is 0.107. The Morgan fingerprint density at radius 2 is 1.45 bits per heavy atom. The third-order valence-electron chi connectivity index (χ3n) is 6.44. The number of benzene rings is 3. The monoisotopic (exact) mass is 469 g/mol. The Morgan fingerprint density at radius 1 is 0.788 bits per heavy atom. The molecule has 0 unspecified atom stereocenters. The molecule has 0 aliphatic heterocycles. The van der Waals surface area contributed by atoms with Gasteiger partial charge in [-0.05, 0) is 79.1 Å². The Labute approximate surface area is 201 Å². The zero-order chi connectivity index (χ0) is 22.7. The third kappa shape index (κ3) is 3.31. The lowest BCUT2D eigenvalue weighted by Crippen LogP contribution is -2.07. The van der Waals surface area contributed by atoms with Gasteiger partial charge in [0.1, 0.15) is 0 Å². The van der Waals surface area contributed by atoms with Crippen LogP contribution in [0, 0.1) is 13.8 Å². The molecule has 0 saturated heterocycles. The van der Waals surface area contributed by atoms with Crippen molar-refractivity contribution in [2.45, 2.75) is 20.3 Å². The van der Waals surface area contributed by atoms with Gasteiger partial charge in [0.25, 0.3) is 0 Å². The topological polar surface area (TPSA) is 21.7 Å². The van der Waals surface area contributed by atoms with Crippen molar-refractivity contribution in [3.05, 3.63) is 111 Å². The van der Waals surface area contributed by atoms with Gasteiger partial charge in [-0.1, -0.05) is 47.5 Å². The van der Waals surface area contributed by atoms with Gasteiger partial charge in [0, 0.05) is 28.2 Å². The van der Waals surface area contributed by atoms with E-state index in [-0.39, 0.29) is 0 Å². The van der Waals surface area contributed by atoms with Crippen LogP contribution < -0.4 is 0 Å². The van der Waals surface area contributed by atoms with E-state index < -0.39 is 0 Å². The van der Waals surface area contributed by atoms with Gasteiger partial charge in [-0.15, -0.1) is 0 Å². The average Bonchev–Trinajstić information content (AvgIpc) is 3.42. The molecule has 0 aliphatic carbocycles. The lowest BCUT2D eigenvalue weighted by atomic mass is 10.0. The molecule has 0 fully saturated rings. The van der Waals surface area contributed by atoms with E-state index in [0.717, 1.165) is 49.9 Å². The minimum atomic E-state index is 0.721. The van der Waals surface area contributed by atoms with Gasteiger partial charge in [-0.2, -0.15) is 0 Å². The quantitative estimate of drug-likeness (QED) is 0.257. The van der Waals surface area contributed by atoms with Gasteiger partial charge in [0.15, 0.2) is 5.65 Å². The van der Waals surface area contributed by atoms with Crippen molar-refractivity contribution < 1.29 is 0 Å². The molecule has 3 nitrogen and oxygen atoms in total. The van der Waals surface area contributed by atoms with Crippen LogP contribution in [0.3, 0.4) is 0 Å². The van der Waals surface area contributed by atoms with Crippen molar-refractivity contribution in [2.75, 3.05) is 0 Å². The Hall–Kier alpha value is -3.27. The van der Waals surface area contributed by atoms with Crippen LogP contribution >= 0.6 is 23.2 Å². The maximum absolute atomic E-state index is 6.25. The number of aryl methyl sites for hydroxylation is 2. The SMILES string of the molecule is Cc1cc2nc3c4cccn4c(Cc4ccc(Cl)cc4)c(-c4ccc(Cl)cc4)n3c2cc1C. The van der Waals surface area contributed by atoms with Crippen molar-refractivity contribution in [3.8, 4) is 11.3 Å². The first-order chi connectivity index (χ1) is 16.0. The zero-order valence-corrected chi connectivity index (χ0v) is 19.8. The fourth-order valence-electron chi connectivity index (χ4n) is 4.64. The van der Waals surface area contributed by atoms with Crippen molar-refractivity contribution in [3.63, 3.8) is 0 Å². The molecular formula is C28H21Cl2N3. The number of hydrogen-bond donors (Lipinski definition) is 0. The van der Waals surface area contributed by atoms with E-state index in [0.29, 0.717) is 0 Å². The summed E-state index contributed by atoms with van der Waals surface area (Å²) in [5.74, 6) is 0. The molecule has 0 amide bonds. The number of hydrogen-bond acceptors (Lipinski definition) is 1. The second-order valence-electron chi connectivity index (χ2n) is 8.56. The Balaban J connectivity index is 1.77. The van der Waals surface area contributed by atoms with Crippen molar-refractivity contribution in [2.24, 2.45) is 0 Å². The van der Waals surface area contributed by atoms with E-state index in [2.05, 4.69) is 77.4 Å². The average molecular weight is 470 g/mol. The van der Waals surface area contributed by atoms with E-state index in [9.17, 15) is 0 Å². The Bertz CT molecular complexity index is 1660. The van der Waals surface area contributed by atoms with Gasteiger partial charge in [0.05, 0.1) is 27.9 Å². The number of rotatable bonds is 3. The maximum Gasteiger partial charge on any atom is 0.162 e. The van der Waals surface area contributed by atoms with Crippen LogP contribution in [0.15, 0.2) is 79.0 Å². The van der Waals surface area contributed by atoms with Crippen molar-refractivity contribution in [1.29, 1.82) is 0 Å². The van der Waals surface area contributed by atoms with Crippen molar-refractivity contribution >= 4 is 45.4 Å². The van der Waals surface area contributed by atoms with E-state index >= 15 is 0 Å². The molecule has 0 aliphatic rings. The molecule has 0 radical (unpaired) electrons. The summed E-state index contributed by atoms with van der Waals surface area (Å²) in [5.41, 5.74) is 11.2. The van der Waals surface area contributed by atoms with Gasteiger partial charge in [-0.3, -0.25) is 4.40 Å². The summed E-state index contributed by atoms with van der Waals surface area (Å²) < 4.78 is 4.57. The molecule has 162 valence electrons. The number of aromatic nitrogens is 3. The molecule has 0 atom stereocenters. The Morgan fingerprint density at radius 3 is 2.18 bits per heavy atom. The molecule has 0 spiro atoms. The molecule has 0 N–H and O–H groups in total. The molecule has 6 aromatic rings. The fourth-order valence-corrected chi connectivity index (χ4v) is 4.89. The lowest BCUT2D eigenvalue weighted by Gasteiger charge is -2.17. The van der Waals surface area contributed by atoms with Crippen molar-refractivity contribution in [1.82, 2.24) is 13.8 Å². The van der Waals surface area contributed by atoms with Crippen LogP contribution in [-0.4, -0.2) is 13.8 Å². The van der Waals surface area contributed by atoms with Crippen LogP contribution in [0.2, 0.25) is 10.0 Å². The first-order valence-electron chi connectivity index (χ1n) is 10.9. The van der Waals surface area contributed by atoms with Crippen LogP contribution in [-0.2, 0) is 6.42 Å². The first-order valence-corrected chi connectivity index (χ1v) is 11.7. The standard InChI is InChI=1S/C28H21Cl2N3/c1-17-14-23-25(15-18(17)2)33-27(20-7-11-22(30)12-8-20)26(16-19-5-9-21(29)10-6-19)32-13-3-4-24(32)28(33)31-23/h3-15H,16H2,1-2H3. The molecule has 5 heteroatoms. The summed E-state index contributed by atoms with van der Waals surface area (Å²) in [6, 6.07) is 24.8. The summed E-state index contributed by atoms with van der Waals surface area (Å²) in [5, 5.41) is 1.46. The minimum absolute atomic E-state index is 0.721. The highest BCUT2D eigenvalue weighted by molar-refractivity contribution is 6.30. The molecule has 0 saturated carbocycles. The third-order valence-corrected chi connectivity index (χ3v) is 6.94. The normalized spacial score (nSPS) is 11.8.